The summed E-state index contributed by atoms with van der Waals surface area (Å²) in [4.78, 5) is 7.18. The average molecular weight is 1310 g/mol. The van der Waals surface area contributed by atoms with E-state index in [1.165, 1.54) is 74.2 Å². The molecule has 0 aliphatic heterocycles. The van der Waals surface area contributed by atoms with E-state index >= 15 is 0 Å². The van der Waals surface area contributed by atoms with Crippen molar-refractivity contribution in [3.8, 4) is 63.8 Å². The summed E-state index contributed by atoms with van der Waals surface area (Å²) in [6.45, 7) is 32.4. The Bertz CT molecular complexity index is 3110. The molecule has 6 nitrogen and oxygen atoms in total. The summed E-state index contributed by atoms with van der Waals surface area (Å²) in [7, 11) is 0. The molecular weight excluding hydrogens is 1210 g/mol. The van der Waals surface area contributed by atoms with E-state index in [0.29, 0.717) is 5.75 Å². The minimum Gasteiger partial charge on any atom is -0.464 e. The highest BCUT2D eigenvalue weighted by Gasteiger charge is 2.08. The Balaban J connectivity index is 0.000000506. The molecule has 0 aliphatic carbocycles. The maximum Gasteiger partial charge on any atom is 0.144 e. The molecule has 0 bridgehead atoms. The molecule has 474 valence electrons. The third kappa shape index (κ3) is 31.3. The van der Waals surface area contributed by atoms with Crippen LogP contribution in [0.5, 0.6) is 0 Å². The largest absolute Gasteiger partial charge is 0.464 e. The third-order valence-corrected chi connectivity index (χ3v) is 16.6. The average Bonchev–Trinajstić information content (AvgIpc) is 4.59. The summed E-state index contributed by atoms with van der Waals surface area (Å²) in [5, 5.41) is 12.3. The highest BCUT2D eigenvalue weighted by molar-refractivity contribution is 7.79. The predicted octanol–water partition coefficient (Wildman–Crippen LogP) is 29.1. The van der Waals surface area contributed by atoms with E-state index in [1.807, 2.05) is 203 Å². The van der Waals surface area contributed by atoms with Crippen molar-refractivity contribution in [2.24, 2.45) is 0 Å². The lowest BCUT2D eigenvalue weighted by Gasteiger charge is -1.96. The smallest absolute Gasteiger partial charge is 0.144 e. The van der Waals surface area contributed by atoms with E-state index in [2.05, 4.69) is 97.9 Å². The van der Waals surface area contributed by atoms with E-state index in [-0.39, 0.29) is 0 Å². The van der Waals surface area contributed by atoms with Crippen LogP contribution in [0, 0.1) is 13.8 Å². The molecule has 12 aromatic rings. The second kappa shape index (κ2) is 52.2. The second-order valence-corrected chi connectivity index (χ2v) is 22.9. The van der Waals surface area contributed by atoms with Gasteiger partial charge in [-0.2, -0.15) is 12.6 Å². The Labute approximate surface area is 553 Å². The first kappa shape index (κ1) is 79.2. The first-order valence-electron chi connectivity index (χ1n) is 31.2. The molecular formula is C74H100O6S7. The van der Waals surface area contributed by atoms with Crippen LogP contribution in [0.4, 0.5) is 0 Å². The van der Waals surface area contributed by atoms with Crippen molar-refractivity contribution in [1.29, 1.82) is 0 Å². The topological polar surface area (TPSA) is 78.8 Å². The van der Waals surface area contributed by atoms with Crippen molar-refractivity contribution >= 4 is 80.6 Å². The van der Waals surface area contributed by atoms with Crippen LogP contribution in [0.25, 0.3) is 63.8 Å². The number of aryl methyl sites for hydroxylation is 4. The van der Waals surface area contributed by atoms with Crippen LogP contribution in [0.2, 0.25) is 0 Å². The highest BCUT2D eigenvalue weighted by atomic mass is 32.1. The van der Waals surface area contributed by atoms with Gasteiger partial charge in [-0.15, -0.1) is 68.0 Å². The fraction of sp³-hybridized carbons (Fsp3) is 0.351. The third-order valence-electron chi connectivity index (χ3n) is 11.0. The Morgan fingerprint density at radius 3 is 0.851 bits per heavy atom. The lowest BCUT2D eigenvalue weighted by molar-refractivity contribution is 0.506. The fourth-order valence-corrected chi connectivity index (χ4v) is 11.5. The molecule has 12 aromatic heterocycles. The van der Waals surface area contributed by atoms with Crippen LogP contribution in [0.15, 0.2) is 211 Å². The number of hydrogen-bond donors (Lipinski definition) is 1. The van der Waals surface area contributed by atoms with E-state index in [4.69, 9.17) is 26.5 Å². The minimum atomic E-state index is 0.658. The first-order valence-corrected chi connectivity index (χ1v) is 37.1. The van der Waals surface area contributed by atoms with E-state index in [1.54, 1.807) is 74.3 Å². The zero-order valence-corrected chi connectivity index (χ0v) is 60.6. The standard InChI is InChI=1S/C14H18OS.C13H16OS.C9H8OS2.2C9H8OS.C8H6OS.6C2H6/c1-2-3-4-5-7-12-9-10-13(15-12)14-8-6-11-16-14;1-2-3-4-6-11-8-9-12(14-11)13-7-5-10-15-13;11-6-7-3-4-8(10-7)9-2-1-5-12-9;2*1-7-4-5-8(10-7)9-3-2-6-11-9;1-3-7(9-5-1)8-4-2-6-10-8;6*1-2/h6,8-11H,2-5,7H2,1H3;5,7-10H,2-4,6H2,1H3;1-5,11H,6H2;2*2-6H,1H3;1-6H;6*1-2H3. The SMILES string of the molecule is CC.CC.CC.CC.CC.CC.CCCCCCc1ccc(-c2cccs2)o1.CCCCCc1ccc(-c2cccs2)o1.Cc1ccc(-c2cccs2)o1.Cc1ccc(-c2cccs2)o1.SCc1ccc(-c2cccs2)o1.c1coc(-c2cccs2)c1. The summed E-state index contributed by atoms with van der Waals surface area (Å²) >= 11 is 14.3. The van der Waals surface area contributed by atoms with Crippen LogP contribution in [0.3, 0.4) is 0 Å². The molecule has 0 spiro atoms. The molecule has 0 saturated carbocycles. The van der Waals surface area contributed by atoms with Crippen molar-refractivity contribution in [3.05, 3.63) is 213 Å². The van der Waals surface area contributed by atoms with Gasteiger partial charge in [0.05, 0.1) is 35.5 Å². The molecule has 87 heavy (non-hydrogen) atoms. The number of unbranched alkanes of at least 4 members (excludes halogenated alkanes) is 5. The van der Waals surface area contributed by atoms with Crippen LogP contribution in [-0.4, -0.2) is 0 Å². The van der Waals surface area contributed by atoms with Crippen molar-refractivity contribution in [2.75, 3.05) is 0 Å². The second-order valence-electron chi connectivity index (χ2n) is 16.9. The number of furan rings is 6. The molecule has 12 heterocycles. The van der Waals surface area contributed by atoms with Gasteiger partial charge in [0.2, 0.25) is 0 Å². The van der Waals surface area contributed by atoms with Crippen molar-refractivity contribution < 1.29 is 26.5 Å². The quantitative estimate of drug-likeness (QED) is 0.0767. The van der Waals surface area contributed by atoms with Crippen molar-refractivity contribution in [2.45, 2.75) is 174 Å². The monoisotopic (exact) mass is 1310 g/mol. The molecule has 0 aromatic carbocycles. The number of hydrogen-bond acceptors (Lipinski definition) is 13. The molecule has 0 unspecified atom stereocenters. The molecule has 0 aliphatic rings. The lowest BCUT2D eigenvalue weighted by atomic mass is 10.1. The first-order chi connectivity index (χ1) is 42.9. The molecule has 0 saturated heterocycles. The molecule has 0 amide bonds. The van der Waals surface area contributed by atoms with Gasteiger partial charge in [-0.05, 0) is 168 Å². The summed E-state index contributed by atoms with van der Waals surface area (Å²) in [6.07, 6.45) is 12.8. The van der Waals surface area contributed by atoms with E-state index < -0.39 is 0 Å². The predicted molar refractivity (Wildman–Crippen MR) is 393 cm³/mol. The summed E-state index contributed by atoms with van der Waals surface area (Å²) < 4.78 is 33.2. The summed E-state index contributed by atoms with van der Waals surface area (Å²) in [5.74, 6) is 11.6. The van der Waals surface area contributed by atoms with Crippen molar-refractivity contribution in [1.82, 2.24) is 0 Å². The van der Waals surface area contributed by atoms with Gasteiger partial charge >= 0.3 is 0 Å². The Morgan fingerprint density at radius 2 is 0.586 bits per heavy atom. The maximum absolute atomic E-state index is 5.82. The van der Waals surface area contributed by atoms with E-state index in [0.717, 1.165) is 76.2 Å². The van der Waals surface area contributed by atoms with Gasteiger partial charge in [0.15, 0.2) is 0 Å². The van der Waals surface area contributed by atoms with Gasteiger partial charge in [0.1, 0.15) is 63.4 Å². The Morgan fingerprint density at radius 1 is 0.299 bits per heavy atom. The number of thiol groups is 1. The van der Waals surface area contributed by atoms with Crippen LogP contribution in [0.1, 0.15) is 171 Å². The van der Waals surface area contributed by atoms with Gasteiger partial charge in [-0.3, -0.25) is 0 Å². The molecule has 13 heteroatoms. The van der Waals surface area contributed by atoms with E-state index in [9.17, 15) is 0 Å². The van der Waals surface area contributed by atoms with Gasteiger partial charge in [0, 0.05) is 18.6 Å². The number of rotatable bonds is 16. The molecule has 0 N–H and O–H groups in total. The van der Waals surface area contributed by atoms with Gasteiger partial charge in [0.25, 0.3) is 0 Å². The Hall–Kier alpha value is -5.77. The van der Waals surface area contributed by atoms with Gasteiger partial charge in [-0.1, -0.05) is 165 Å². The lowest BCUT2D eigenvalue weighted by Crippen LogP contribution is -1.82. The Kier molecular flexibility index (Phi) is 47.5. The maximum atomic E-state index is 5.82. The zero-order valence-electron chi connectivity index (χ0n) is 54.8. The molecule has 0 radical (unpaired) electrons. The van der Waals surface area contributed by atoms with Crippen LogP contribution in [-0.2, 0) is 18.6 Å². The summed E-state index contributed by atoms with van der Waals surface area (Å²) in [6, 6.07) is 48.8. The fourth-order valence-electron chi connectivity index (χ4n) is 7.23. The minimum absolute atomic E-state index is 0.658. The van der Waals surface area contributed by atoms with Gasteiger partial charge in [-0.25, -0.2) is 0 Å². The van der Waals surface area contributed by atoms with Crippen LogP contribution < -0.4 is 0 Å². The molecule has 0 fully saturated rings. The molecule has 12 rings (SSSR count). The molecule has 0 atom stereocenters. The van der Waals surface area contributed by atoms with Gasteiger partial charge < -0.3 is 26.5 Å². The highest BCUT2D eigenvalue weighted by Crippen LogP contribution is 2.31. The van der Waals surface area contributed by atoms with Crippen molar-refractivity contribution in [3.63, 3.8) is 0 Å². The summed E-state index contributed by atoms with van der Waals surface area (Å²) in [5.41, 5.74) is 0. The number of thiophene rings is 6. The normalized spacial score (nSPS) is 9.44. The van der Waals surface area contributed by atoms with Crippen LogP contribution >= 0.6 is 80.6 Å². The zero-order chi connectivity index (χ0) is 64.3.